The van der Waals surface area contributed by atoms with Gasteiger partial charge in [0.2, 0.25) is 10.0 Å². The maximum atomic E-state index is 12.6. The zero-order valence-corrected chi connectivity index (χ0v) is 17.1. The maximum Gasteiger partial charge on any atom is 0.416 e. The Hall–Kier alpha value is -2.14. The normalized spacial score (nSPS) is 17.1. The van der Waals surface area contributed by atoms with E-state index in [-0.39, 0.29) is 33.8 Å². The minimum absolute atomic E-state index is 0.0169. The smallest absolute Gasteiger partial charge is 0.377 e. The van der Waals surface area contributed by atoms with E-state index in [1.807, 2.05) is 0 Å². The number of amides is 1. The maximum absolute atomic E-state index is 12.6. The summed E-state index contributed by atoms with van der Waals surface area (Å²) < 4.78 is 70.9. The Morgan fingerprint density at radius 3 is 2.47 bits per heavy atom. The first kappa shape index (κ1) is 22.5. The molecule has 1 atom stereocenters. The third kappa shape index (κ3) is 5.51. The van der Waals surface area contributed by atoms with E-state index in [9.17, 15) is 26.4 Å². The van der Waals surface area contributed by atoms with Gasteiger partial charge in [-0.1, -0.05) is 11.6 Å². The van der Waals surface area contributed by atoms with E-state index in [0.29, 0.717) is 6.61 Å². The van der Waals surface area contributed by atoms with E-state index >= 15 is 0 Å². The van der Waals surface area contributed by atoms with Crippen LogP contribution in [0.5, 0.6) is 0 Å². The molecule has 30 heavy (non-hydrogen) atoms. The SMILES string of the molecule is O=C(Nc1ccc(C(F)(F)F)cc1)c1ccc(Cl)c(S(=O)(=O)NCC2CCCO2)c1. The monoisotopic (exact) mass is 462 g/mol. The number of hydrogen-bond acceptors (Lipinski definition) is 4. The predicted octanol–water partition coefficient (Wildman–Crippen LogP) is 4.07. The highest BCUT2D eigenvalue weighted by atomic mass is 35.5. The Balaban J connectivity index is 1.74. The molecular formula is C19H18ClF3N2O4S. The zero-order valence-electron chi connectivity index (χ0n) is 15.5. The quantitative estimate of drug-likeness (QED) is 0.677. The summed E-state index contributed by atoms with van der Waals surface area (Å²) in [5, 5.41) is 2.36. The van der Waals surface area contributed by atoms with Crippen molar-refractivity contribution in [2.75, 3.05) is 18.5 Å². The van der Waals surface area contributed by atoms with Crippen molar-refractivity contribution in [3.63, 3.8) is 0 Å². The molecule has 1 aliphatic heterocycles. The van der Waals surface area contributed by atoms with Gasteiger partial charge in [-0.15, -0.1) is 0 Å². The van der Waals surface area contributed by atoms with Crippen LogP contribution in [0.3, 0.4) is 0 Å². The van der Waals surface area contributed by atoms with Gasteiger partial charge in [-0.2, -0.15) is 13.2 Å². The first-order chi connectivity index (χ1) is 14.1. The zero-order chi connectivity index (χ0) is 21.9. The van der Waals surface area contributed by atoms with Crippen LogP contribution in [0.4, 0.5) is 18.9 Å². The largest absolute Gasteiger partial charge is 0.416 e. The number of benzene rings is 2. The predicted molar refractivity (Wildman–Crippen MR) is 105 cm³/mol. The highest BCUT2D eigenvalue weighted by Gasteiger charge is 2.30. The second kappa shape index (κ2) is 8.93. The van der Waals surface area contributed by atoms with Gasteiger partial charge in [0.05, 0.1) is 16.7 Å². The lowest BCUT2D eigenvalue weighted by atomic mass is 10.1. The fraction of sp³-hybridized carbons (Fsp3) is 0.316. The lowest BCUT2D eigenvalue weighted by molar-refractivity contribution is -0.137. The molecule has 0 aliphatic carbocycles. The van der Waals surface area contributed by atoms with Crippen molar-refractivity contribution in [3.05, 3.63) is 58.6 Å². The van der Waals surface area contributed by atoms with E-state index in [2.05, 4.69) is 10.0 Å². The number of anilines is 1. The Kier molecular flexibility index (Phi) is 6.71. The lowest BCUT2D eigenvalue weighted by Gasteiger charge is -2.13. The van der Waals surface area contributed by atoms with E-state index in [0.717, 1.165) is 43.2 Å². The molecule has 1 unspecified atom stereocenters. The minimum atomic E-state index is -4.49. The van der Waals surface area contributed by atoms with Gasteiger partial charge in [0, 0.05) is 24.4 Å². The summed E-state index contributed by atoms with van der Waals surface area (Å²) >= 11 is 6.01. The Labute approximate surface area is 176 Å². The molecule has 1 fully saturated rings. The number of alkyl halides is 3. The van der Waals surface area contributed by atoms with Crippen molar-refractivity contribution in [1.82, 2.24) is 4.72 Å². The number of halogens is 4. The number of carbonyl (C=O) groups is 1. The number of nitrogens with one attached hydrogen (secondary N) is 2. The summed E-state index contributed by atoms with van der Waals surface area (Å²) in [6.07, 6.45) is -3.11. The van der Waals surface area contributed by atoms with Crippen molar-refractivity contribution in [3.8, 4) is 0 Å². The van der Waals surface area contributed by atoms with Crippen LogP contribution in [-0.2, 0) is 20.9 Å². The number of rotatable bonds is 6. The Morgan fingerprint density at radius 1 is 1.17 bits per heavy atom. The molecule has 6 nitrogen and oxygen atoms in total. The summed E-state index contributed by atoms with van der Waals surface area (Å²) in [5.74, 6) is -0.693. The van der Waals surface area contributed by atoms with Gasteiger partial charge in [-0.05, 0) is 55.3 Å². The van der Waals surface area contributed by atoms with Gasteiger partial charge in [0.15, 0.2) is 0 Å². The first-order valence-corrected chi connectivity index (χ1v) is 10.8. The van der Waals surface area contributed by atoms with Crippen LogP contribution in [0.15, 0.2) is 47.4 Å². The summed E-state index contributed by atoms with van der Waals surface area (Å²) in [5.41, 5.74) is -0.738. The molecule has 0 saturated carbocycles. The van der Waals surface area contributed by atoms with Crippen LogP contribution >= 0.6 is 11.6 Å². The van der Waals surface area contributed by atoms with Crippen LogP contribution in [0.25, 0.3) is 0 Å². The summed E-state index contributed by atoms with van der Waals surface area (Å²) in [7, 11) is -4.00. The highest BCUT2D eigenvalue weighted by molar-refractivity contribution is 7.89. The van der Waals surface area contributed by atoms with Gasteiger partial charge in [-0.25, -0.2) is 13.1 Å². The second-order valence-corrected chi connectivity index (χ2v) is 8.80. The van der Waals surface area contributed by atoms with Crippen molar-refractivity contribution < 1.29 is 31.1 Å². The number of hydrogen-bond donors (Lipinski definition) is 2. The van der Waals surface area contributed by atoms with Crippen LogP contribution in [0.1, 0.15) is 28.8 Å². The number of carbonyl (C=O) groups excluding carboxylic acids is 1. The summed E-state index contributed by atoms with van der Waals surface area (Å²) in [6.45, 7) is 0.660. The van der Waals surface area contributed by atoms with Crippen molar-refractivity contribution in [2.45, 2.75) is 30.0 Å². The molecule has 162 valence electrons. The Bertz CT molecular complexity index is 1020. The molecule has 1 aliphatic rings. The first-order valence-electron chi connectivity index (χ1n) is 8.96. The molecule has 3 rings (SSSR count). The molecule has 2 aromatic rings. The molecule has 2 N–H and O–H groups in total. The van der Waals surface area contributed by atoms with Gasteiger partial charge in [0.25, 0.3) is 5.91 Å². The molecule has 1 heterocycles. The molecule has 0 bridgehead atoms. The van der Waals surface area contributed by atoms with E-state index in [1.54, 1.807) is 0 Å². The lowest BCUT2D eigenvalue weighted by Crippen LogP contribution is -2.32. The fourth-order valence-corrected chi connectivity index (χ4v) is 4.47. The van der Waals surface area contributed by atoms with Crippen LogP contribution < -0.4 is 10.0 Å². The molecule has 2 aromatic carbocycles. The third-order valence-corrected chi connectivity index (χ3v) is 6.38. The summed E-state index contributed by atoms with van der Waals surface area (Å²) in [4.78, 5) is 12.2. The number of ether oxygens (including phenoxy) is 1. The summed E-state index contributed by atoms with van der Waals surface area (Å²) in [6, 6.07) is 7.59. The van der Waals surface area contributed by atoms with Crippen molar-refractivity contribution >= 4 is 33.2 Å². The van der Waals surface area contributed by atoms with Crippen molar-refractivity contribution in [2.24, 2.45) is 0 Å². The van der Waals surface area contributed by atoms with Gasteiger partial charge >= 0.3 is 6.18 Å². The van der Waals surface area contributed by atoms with Gasteiger partial charge < -0.3 is 10.1 Å². The van der Waals surface area contributed by atoms with E-state index in [4.69, 9.17) is 16.3 Å². The van der Waals surface area contributed by atoms with Crippen LogP contribution in [-0.4, -0.2) is 33.6 Å². The molecule has 1 amide bonds. The van der Waals surface area contributed by atoms with E-state index < -0.39 is 27.7 Å². The minimum Gasteiger partial charge on any atom is -0.377 e. The molecular weight excluding hydrogens is 445 g/mol. The molecule has 1 saturated heterocycles. The van der Waals surface area contributed by atoms with Gasteiger partial charge in [0.1, 0.15) is 4.90 Å². The third-order valence-electron chi connectivity index (χ3n) is 4.48. The average Bonchev–Trinajstić information content (AvgIpc) is 3.20. The molecule has 0 spiro atoms. The second-order valence-electron chi connectivity index (χ2n) is 6.66. The van der Waals surface area contributed by atoms with Crippen molar-refractivity contribution in [1.29, 1.82) is 0 Å². The molecule has 0 aromatic heterocycles. The topological polar surface area (TPSA) is 84.5 Å². The molecule has 0 radical (unpaired) electrons. The van der Waals surface area contributed by atoms with E-state index in [1.165, 1.54) is 12.1 Å². The standard InChI is InChI=1S/C19H18ClF3N2O4S/c20-16-8-3-12(10-17(16)30(27,28)24-11-15-2-1-9-29-15)18(26)25-14-6-4-13(5-7-14)19(21,22)23/h3-8,10,15,24H,1-2,9,11H2,(H,25,26). The fourth-order valence-electron chi connectivity index (χ4n) is 2.88. The average molecular weight is 463 g/mol. The Morgan fingerprint density at radius 2 is 1.87 bits per heavy atom. The van der Waals surface area contributed by atoms with Gasteiger partial charge in [-0.3, -0.25) is 4.79 Å². The van der Waals surface area contributed by atoms with Crippen LogP contribution in [0.2, 0.25) is 5.02 Å². The number of sulfonamides is 1. The molecule has 11 heteroatoms. The highest BCUT2D eigenvalue weighted by Crippen LogP contribution is 2.30. The van der Waals surface area contributed by atoms with Crippen LogP contribution in [0, 0.1) is 0 Å².